The Morgan fingerprint density at radius 1 is 1.56 bits per heavy atom. The lowest BCUT2D eigenvalue weighted by atomic mass is 9.68. The van der Waals surface area contributed by atoms with Gasteiger partial charge in [0.2, 0.25) is 0 Å². The SMILES string of the molecule is CNC(=S)C1(c2cccnc2)CCCCC1=NO. The normalized spacial score (nSPS) is 25.9. The van der Waals surface area contributed by atoms with Crippen LogP contribution >= 0.6 is 12.2 Å². The highest BCUT2D eigenvalue weighted by atomic mass is 32.1. The summed E-state index contributed by atoms with van der Waals surface area (Å²) in [7, 11) is 1.81. The van der Waals surface area contributed by atoms with Gasteiger partial charge in [-0.1, -0.05) is 29.9 Å². The van der Waals surface area contributed by atoms with Gasteiger partial charge < -0.3 is 10.5 Å². The van der Waals surface area contributed by atoms with E-state index in [1.807, 2.05) is 19.2 Å². The summed E-state index contributed by atoms with van der Waals surface area (Å²) < 4.78 is 0. The van der Waals surface area contributed by atoms with Crippen molar-refractivity contribution in [3.8, 4) is 0 Å². The number of nitrogens with zero attached hydrogens (tertiary/aromatic N) is 2. The second kappa shape index (κ2) is 5.44. The molecule has 0 saturated heterocycles. The van der Waals surface area contributed by atoms with E-state index in [1.165, 1.54) is 0 Å². The first-order chi connectivity index (χ1) is 8.75. The third-order valence-corrected chi connectivity index (χ3v) is 4.15. The quantitative estimate of drug-likeness (QED) is 0.488. The Morgan fingerprint density at radius 3 is 3.00 bits per heavy atom. The van der Waals surface area contributed by atoms with Gasteiger partial charge in [0.1, 0.15) is 0 Å². The number of nitrogens with one attached hydrogen (secondary N) is 1. The number of hydrogen-bond donors (Lipinski definition) is 2. The molecule has 1 saturated carbocycles. The fourth-order valence-electron chi connectivity index (χ4n) is 2.69. The predicted molar refractivity (Wildman–Crippen MR) is 75.3 cm³/mol. The molecule has 1 aliphatic rings. The molecule has 2 N–H and O–H groups in total. The van der Waals surface area contributed by atoms with Gasteiger partial charge in [0.05, 0.1) is 16.1 Å². The van der Waals surface area contributed by atoms with Gasteiger partial charge in [0.15, 0.2) is 0 Å². The smallest absolute Gasteiger partial charge is 0.0917 e. The summed E-state index contributed by atoms with van der Waals surface area (Å²) in [5, 5.41) is 15.9. The molecule has 0 spiro atoms. The summed E-state index contributed by atoms with van der Waals surface area (Å²) in [5.41, 5.74) is 1.24. The molecule has 0 aliphatic heterocycles. The van der Waals surface area contributed by atoms with Gasteiger partial charge in [-0.25, -0.2) is 0 Å². The second-order valence-corrected chi connectivity index (χ2v) is 4.89. The number of hydrogen-bond acceptors (Lipinski definition) is 4. The fourth-order valence-corrected chi connectivity index (χ4v) is 3.03. The zero-order valence-electron chi connectivity index (χ0n) is 10.4. The first-order valence-corrected chi connectivity index (χ1v) is 6.50. The minimum Gasteiger partial charge on any atom is -0.411 e. The number of thiocarbonyl (C=S) groups is 1. The van der Waals surface area contributed by atoms with Gasteiger partial charge in [-0.2, -0.15) is 0 Å². The highest BCUT2D eigenvalue weighted by Gasteiger charge is 2.43. The van der Waals surface area contributed by atoms with Crippen LogP contribution in [-0.4, -0.2) is 27.9 Å². The first kappa shape index (κ1) is 13.0. The molecule has 2 rings (SSSR count). The van der Waals surface area contributed by atoms with Crippen LogP contribution in [0.25, 0.3) is 0 Å². The zero-order chi connectivity index (χ0) is 13.0. The van der Waals surface area contributed by atoms with E-state index in [9.17, 15) is 5.21 Å². The van der Waals surface area contributed by atoms with E-state index in [-0.39, 0.29) is 0 Å². The minimum absolute atomic E-state index is 0.495. The molecule has 1 unspecified atom stereocenters. The monoisotopic (exact) mass is 263 g/mol. The summed E-state index contributed by atoms with van der Waals surface area (Å²) in [5.74, 6) is 0. The van der Waals surface area contributed by atoms with Crippen LogP contribution in [0.2, 0.25) is 0 Å². The van der Waals surface area contributed by atoms with Gasteiger partial charge in [-0.3, -0.25) is 4.98 Å². The summed E-state index contributed by atoms with van der Waals surface area (Å²) in [4.78, 5) is 4.86. The first-order valence-electron chi connectivity index (χ1n) is 6.10. The van der Waals surface area contributed by atoms with Crippen LogP contribution in [0.3, 0.4) is 0 Å². The van der Waals surface area contributed by atoms with Gasteiger partial charge in [0, 0.05) is 19.4 Å². The third-order valence-electron chi connectivity index (χ3n) is 3.60. The Labute approximate surface area is 112 Å². The van der Waals surface area contributed by atoms with Gasteiger partial charge in [0.25, 0.3) is 0 Å². The second-order valence-electron chi connectivity index (χ2n) is 4.48. The summed E-state index contributed by atoms with van der Waals surface area (Å²) in [6.45, 7) is 0. The van der Waals surface area contributed by atoms with Gasteiger partial charge in [-0.05, 0) is 30.9 Å². The Balaban J connectivity index is 2.56. The van der Waals surface area contributed by atoms with Crippen LogP contribution in [0.1, 0.15) is 31.2 Å². The minimum atomic E-state index is -0.495. The molecule has 1 aromatic heterocycles. The number of aromatic nitrogens is 1. The standard InChI is InChI=1S/C13H17N3OS/c1-14-12(18)13(10-5-4-8-15-9-10)7-3-2-6-11(13)16-17/h4-5,8-9,17H,2-3,6-7H2,1H3,(H,14,18). The molecule has 4 nitrogen and oxygen atoms in total. The molecule has 96 valence electrons. The average molecular weight is 263 g/mol. The average Bonchev–Trinajstić information content (AvgIpc) is 2.47. The van der Waals surface area contributed by atoms with Crippen molar-refractivity contribution < 1.29 is 5.21 Å². The Bertz CT molecular complexity index is 461. The molecule has 0 radical (unpaired) electrons. The fraction of sp³-hybridized carbons (Fsp3) is 0.462. The van der Waals surface area contributed by atoms with Crippen LogP contribution in [0.4, 0.5) is 0 Å². The van der Waals surface area contributed by atoms with Crippen molar-refractivity contribution in [2.75, 3.05) is 7.05 Å². The molecular formula is C13H17N3OS. The lowest BCUT2D eigenvalue weighted by molar-refractivity contribution is 0.310. The number of oxime groups is 1. The van der Waals surface area contributed by atoms with Crippen LogP contribution in [0, 0.1) is 0 Å². The lowest BCUT2D eigenvalue weighted by Crippen LogP contribution is -2.50. The Morgan fingerprint density at radius 2 is 2.39 bits per heavy atom. The maximum Gasteiger partial charge on any atom is 0.0917 e. The number of pyridine rings is 1. The van der Waals surface area contributed by atoms with E-state index >= 15 is 0 Å². The van der Waals surface area contributed by atoms with E-state index in [1.54, 1.807) is 12.4 Å². The van der Waals surface area contributed by atoms with E-state index in [4.69, 9.17) is 12.2 Å². The van der Waals surface area contributed by atoms with Crippen molar-refractivity contribution in [2.45, 2.75) is 31.1 Å². The molecular weight excluding hydrogens is 246 g/mol. The maximum atomic E-state index is 9.31. The van der Waals surface area contributed by atoms with Crippen molar-refractivity contribution in [2.24, 2.45) is 5.16 Å². The Hall–Kier alpha value is -1.49. The highest BCUT2D eigenvalue weighted by Crippen LogP contribution is 2.38. The van der Waals surface area contributed by atoms with Gasteiger partial charge in [-0.15, -0.1) is 0 Å². The molecule has 0 bridgehead atoms. The molecule has 0 aromatic carbocycles. The molecule has 1 heterocycles. The molecule has 1 aromatic rings. The largest absolute Gasteiger partial charge is 0.411 e. The van der Waals surface area contributed by atoms with Crippen LogP contribution < -0.4 is 5.32 Å². The molecule has 18 heavy (non-hydrogen) atoms. The molecule has 1 aliphatic carbocycles. The number of likely N-dealkylation sites (N-methyl/N-ethyl adjacent to an activating group) is 1. The topological polar surface area (TPSA) is 57.5 Å². The van der Waals surface area contributed by atoms with E-state index in [0.717, 1.165) is 37.0 Å². The molecule has 0 amide bonds. The maximum absolute atomic E-state index is 9.31. The molecule has 5 heteroatoms. The van der Waals surface area contributed by atoms with E-state index in [2.05, 4.69) is 15.5 Å². The zero-order valence-corrected chi connectivity index (χ0v) is 11.2. The van der Waals surface area contributed by atoms with E-state index < -0.39 is 5.41 Å². The van der Waals surface area contributed by atoms with Crippen LogP contribution in [-0.2, 0) is 5.41 Å². The van der Waals surface area contributed by atoms with Gasteiger partial charge >= 0.3 is 0 Å². The summed E-state index contributed by atoms with van der Waals surface area (Å²) in [6.07, 6.45) is 7.27. The summed E-state index contributed by atoms with van der Waals surface area (Å²) >= 11 is 5.48. The molecule has 1 fully saturated rings. The predicted octanol–water partition coefficient (Wildman–Crippen LogP) is 2.27. The van der Waals surface area contributed by atoms with Crippen LogP contribution in [0.15, 0.2) is 29.7 Å². The lowest BCUT2D eigenvalue weighted by Gasteiger charge is -2.38. The van der Waals surface area contributed by atoms with Crippen molar-refractivity contribution in [1.82, 2.24) is 10.3 Å². The molecule has 1 atom stereocenters. The van der Waals surface area contributed by atoms with Crippen molar-refractivity contribution in [3.63, 3.8) is 0 Å². The number of rotatable bonds is 2. The van der Waals surface area contributed by atoms with Crippen molar-refractivity contribution >= 4 is 22.9 Å². The Kier molecular flexibility index (Phi) is 3.91. The van der Waals surface area contributed by atoms with Crippen molar-refractivity contribution in [3.05, 3.63) is 30.1 Å². The van der Waals surface area contributed by atoms with Crippen molar-refractivity contribution in [1.29, 1.82) is 0 Å². The third kappa shape index (κ3) is 1.99. The highest BCUT2D eigenvalue weighted by molar-refractivity contribution is 7.80. The summed E-state index contributed by atoms with van der Waals surface area (Å²) in [6, 6.07) is 3.88. The van der Waals surface area contributed by atoms with Crippen LogP contribution in [0.5, 0.6) is 0 Å². The van der Waals surface area contributed by atoms with E-state index in [0.29, 0.717) is 4.99 Å².